The third-order valence-electron chi connectivity index (χ3n) is 1.67. The first-order valence-electron chi connectivity index (χ1n) is 3.36. The van der Waals surface area contributed by atoms with Crippen molar-refractivity contribution in [2.45, 2.75) is 0 Å². The fourth-order valence-corrected chi connectivity index (χ4v) is 1.48. The maximum atomic E-state index is 11.2. The molecule has 0 aromatic heterocycles. The van der Waals surface area contributed by atoms with E-state index in [-0.39, 0.29) is 21.4 Å². The summed E-state index contributed by atoms with van der Waals surface area (Å²) in [6, 6.07) is 2.90. The van der Waals surface area contributed by atoms with E-state index >= 15 is 0 Å². The smallest absolute Gasteiger partial charge is 0.385 e. The number of benzene rings is 1. The SMILES string of the molecule is O=C1Oc2ccc(Cl)c(Cl)c2C1=O. The Labute approximate surface area is 83.2 Å². The Balaban J connectivity index is 2.73. The number of ether oxygens (including phenoxy) is 1. The first-order chi connectivity index (χ1) is 6.11. The zero-order valence-electron chi connectivity index (χ0n) is 6.14. The molecule has 13 heavy (non-hydrogen) atoms. The normalized spacial score (nSPS) is 14.3. The van der Waals surface area contributed by atoms with Crippen molar-refractivity contribution in [2.75, 3.05) is 0 Å². The number of fused-ring (bicyclic) bond motifs is 1. The molecule has 1 heterocycles. The average Bonchev–Trinajstić information content (AvgIpc) is 2.37. The first kappa shape index (κ1) is 8.53. The Morgan fingerprint density at radius 3 is 2.54 bits per heavy atom. The molecule has 0 aliphatic carbocycles. The number of carbonyl (C=O) groups excluding carboxylic acids is 2. The summed E-state index contributed by atoms with van der Waals surface area (Å²) < 4.78 is 4.62. The van der Waals surface area contributed by atoms with Crippen molar-refractivity contribution < 1.29 is 14.3 Å². The van der Waals surface area contributed by atoms with E-state index in [9.17, 15) is 9.59 Å². The van der Waals surface area contributed by atoms with Gasteiger partial charge in [-0.3, -0.25) is 4.79 Å². The summed E-state index contributed by atoms with van der Waals surface area (Å²) in [7, 11) is 0. The van der Waals surface area contributed by atoms with Gasteiger partial charge in [0.15, 0.2) is 0 Å². The maximum Gasteiger partial charge on any atom is 0.385 e. The van der Waals surface area contributed by atoms with E-state index in [0.29, 0.717) is 0 Å². The largest absolute Gasteiger partial charge is 0.420 e. The molecule has 0 saturated heterocycles. The highest BCUT2D eigenvalue weighted by Gasteiger charge is 2.33. The lowest BCUT2D eigenvalue weighted by Gasteiger charge is -1.98. The zero-order valence-corrected chi connectivity index (χ0v) is 7.65. The molecule has 2 rings (SSSR count). The van der Waals surface area contributed by atoms with Gasteiger partial charge < -0.3 is 4.74 Å². The van der Waals surface area contributed by atoms with E-state index in [1.165, 1.54) is 12.1 Å². The Bertz CT molecular complexity index is 426. The molecular formula is C8H2Cl2O3. The summed E-state index contributed by atoms with van der Waals surface area (Å²) in [5, 5.41) is 0.294. The Kier molecular flexibility index (Phi) is 1.78. The molecule has 0 N–H and O–H groups in total. The Hall–Kier alpha value is -1.06. The Morgan fingerprint density at radius 2 is 1.85 bits per heavy atom. The minimum Gasteiger partial charge on any atom is -0.420 e. The number of Topliss-reactive ketones (excluding diaryl/α,β-unsaturated/α-hetero) is 1. The van der Waals surface area contributed by atoms with Crippen LogP contribution in [-0.4, -0.2) is 11.8 Å². The number of hydrogen-bond donors (Lipinski definition) is 0. The molecule has 1 aliphatic rings. The van der Waals surface area contributed by atoms with Crippen molar-refractivity contribution in [3.05, 3.63) is 27.7 Å². The van der Waals surface area contributed by atoms with E-state index < -0.39 is 11.8 Å². The van der Waals surface area contributed by atoms with Crippen LogP contribution in [0.25, 0.3) is 0 Å². The molecule has 5 heteroatoms. The van der Waals surface area contributed by atoms with Gasteiger partial charge in [-0.25, -0.2) is 4.79 Å². The predicted molar refractivity (Wildman–Crippen MR) is 46.4 cm³/mol. The predicted octanol–water partition coefficient (Wildman–Crippen LogP) is 2.10. The topological polar surface area (TPSA) is 43.4 Å². The van der Waals surface area contributed by atoms with Crippen molar-refractivity contribution in [2.24, 2.45) is 0 Å². The molecule has 66 valence electrons. The fraction of sp³-hybridized carbons (Fsp3) is 0. The summed E-state index contributed by atoms with van der Waals surface area (Å²) in [6.07, 6.45) is 0. The summed E-state index contributed by atoms with van der Waals surface area (Å²) in [4.78, 5) is 22.0. The molecule has 0 unspecified atom stereocenters. The quantitative estimate of drug-likeness (QED) is 0.379. The third kappa shape index (κ3) is 1.12. The first-order valence-corrected chi connectivity index (χ1v) is 4.11. The van der Waals surface area contributed by atoms with E-state index in [1.54, 1.807) is 0 Å². The van der Waals surface area contributed by atoms with Crippen molar-refractivity contribution >= 4 is 35.0 Å². The van der Waals surface area contributed by atoms with Gasteiger partial charge in [0.1, 0.15) is 5.75 Å². The second kappa shape index (κ2) is 2.72. The van der Waals surface area contributed by atoms with Crippen LogP contribution in [0.5, 0.6) is 5.75 Å². The Morgan fingerprint density at radius 1 is 1.15 bits per heavy atom. The summed E-state index contributed by atoms with van der Waals surface area (Å²) in [5.74, 6) is -1.49. The molecule has 0 saturated carbocycles. The second-order valence-electron chi connectivity index (χ2n) is 2.45. The third-order valence-corrected chi connectivity index (χ3v) is 2.48. The molecule has 0 spiro atoms. The minimum absolute atomic E-state index is 0.0548. The highest BCUT2D eigenvalue weighted by atomic mass is 35.5. The maximum absolute atomic E-state index is 11.2. The summed E-state index contributed by atoms with van der Waals surface area (Å²) >= 11 is 11.4. The van der Waals surface area contributed by atoms with Crippen LogP contribution < -0.4 is 4.74 Å². The molecule has 0 atom stereocenters. The number of carbonyl (C=O) groups is 2. The van der Waals surface area contributed by atoms with Crippen LogP contribution in [0.4, 0.5) is 0 Å². The molecule has 1 aromatic carbocycles. The molecule has 0 radical (unpaired) electrons. The number of halogens is 2. The van der Waals surface area contributed by atoms with E-state index in [4.69, 9.17) is 23.2 Å². The van der Waals surface area contributed by atoms with E-state index in [0.717, 1.165) is 0 Å². The van der Waals surface area contributed by atoms with Crippen molar-refractivity contribution in [1.29, 1.82) is 0 Å². The number of rotatable bonds is 0. The molecule has 0 amide bonds. The number of ketones is 1. The van der Waals surface area contributed by atoms with Gasteiger partial charge >= 0.3 is 5.97 Å². The average molecular weight is 217 g/mol. The lowest BCUT2D eigenvalue weighted by atomic mass is 10.1. The summed E-state index contributed by atoms with van der Waals surface area (Å²) in [6.45, 7) is 0. The molecule has 3 nitrogen and oxygen atoms in total. The molecule has 0 bridgehead atoms. The lowest BCUT2D eigenvalue weighted by molar-refractivity contribution is -0.128. The number of hydrogen-bond acceptors (Lipinski definition) is 3. The van der Waals surface area contributed by atoms with E-state index in [2.05, 4.69) is 4.74 Å². The van der Waals surface area contributed by atoms with Crippen LogP contribution in [-0.2, 0) is 4.79 Å². The fourth-order valence-electron chi connectivity index (χ4n) is 1.08. The highest BCUT2D eigenvalue weighted by molar-refractivity contribution is 6.51. The van der Waals surface area contributed by atoms with Gasteiger partial charge in [-0.2, -0.15) is 0 Å². The molecule has 1 aromatic rings. The standard InChI is InChI=1S/C8H2Cl2O3/c9-3-1-2-4-5(6(3)10)7(11)8(12)13-4/h1-2H. The van der Waals surface area contributed by atoms with Crippen LogP contribution in [0.2, 0.25) is 10.0 Å². The zero-order chi connectivity index (χ0) is 9.59. The van der Waals surface area contributed by atoms with Crippen LogP contribution in [0, 0.1) is 0 Å². The van der Waals surface area contributed by atoms with Gasteiger partial charge in [0.2, 0.25) is 0 Å². The van der Waals surface area contributed by atoms with Gasteiger partial charge in [-0.1, -0.05) is 23.2 Å². The van der Waals surface area contributed by atoms with Gasteiger partial charge in [-0.05, 0) is 12.1 Å². The second-order valence-corrected chi connectivity index (χ2v) is 3.24. The molecule has 0 fully saturated rings. The number of esters is 1. The van der Waals surface area contributed by atoms with Crippen LogP contribution >= 0.6 is 23.2 Å². The van der Waals surface area contributed by atoms with Crippen molar-refractivity contribution in [1.82, 2.24) is 0 Å². The van der Waals surface area contributed by atoms with Gasteiger partial charge in [0, 0.05) is 0 Å². The monoisotopic (exact) mass is 216 g/mol. The van der Waals surface area contributed by atoms with Gasteiger partial charge in [0.25, 0.3) is 5.78 Å². The lowest BCUT2D eigenvalue weighted by Crippen LogP contribution is -2.10. The van der Waals surface area contributed by atoms with Crippen molar-refractivity contribution in [3.63, 3.8) is 0 Å². The van der Waals surface area contributed by atoms with Crippen molar-refractivity contribution in [3.8, 4) is 5.75 Å². The minimum atomic E-state index is -0.917. The van der Waals surface area contributed by atoms with Crippen LogP contribution in [0.1, 0.15) is 10.4 Å². The highest BCUT2D eigenvalue weighted by Crippen LogP contribution is 2.36. The summed E-state index contributed by atoms with van der Waals surface area (Å²) in [5.41, 5.74) is 0.0548. The molecule has 1 aliphatic heterocycles. The molecular weight excluding hydrogens is 215 g/mol. The van der Waals surface area contributed by atoms with Gasteiger partial charge in [0.05, 0.1) is 15.6 Å². The van der Waals surface area contributed by atoms with E-state index in [1.807, 2.05) is 0 Å². The van der Waals surface area contributed by atoms with Crippen LogP contribution in [0.3, 0.4) is 0 Å². The van der Waals surface area contributed by atoms with Crippen LogP contribution in [0.15, 0.2) is 12.1 Å². The van der Waals surface area contributed by atoms with Gasteiger partial charge in [-0.15, -0.1) is 0 Å².